The lowest BCUT2D eigenvalue weighted by Crippen LogP contribution is -2.46. The van der Waals surface area contributed by atoms with E-state index in [-0.39, 0.29) is 0 Å². The number of nitrogens with zero attached hydrogens (tertiary/aromatic N) is 5. The Morgan fingerprint density at radius 2 is 2.04 bits per heavy atom. The van der Waals surface area contributed by atoms with Crippen molar-refractivity contribution in [3.8, 4) is 10.7 Å². The van der Waals surface area contributed by atoms with Crippen LogP contribution in [0.5, 0.6) is 0 Å². The molecule has 0 radical (unpaired) electrons. The molecule has 0 N–H and O–H groups in total. The van der Waals surface area contributed by atoms with E-state index < -0.39 is 0 Å². The summed E-state index contributed by atoms with van der Waals surface area (Å²) in [5.41, 5.74) is 1.10. The van der Waals surface area contributed by atoms with Crippen molar-refractivity contribution in [2.45, 2.75) is 13.5 Å². The summed E-state index contributed by atoms with van der Waals surface area (Å²) < 4.78 is 5.39. The minimum Gasteiger partial charge on any atom is -0.346 e. The first-order valence-electron chi connectivity index (χ1n) is 7.54. The molecule has 1 aliphatic heterocycles. The van der Waals surface area contributed by atoms with Gasteiger partial charge in [-0.25, -0.2) is 4.98 Å². The van der Waals surface area contributed by atoms with Crippen LogP contribution in [0.4, 0.5) is 5.13 Å². The third-order valence-corrected chi connectivity index (χ3v) is 5.70. The maximum atomic E-state index is 5.39. The van der Waals surface area contributed by atoms with Gasteiger partial charge in [0.25, 0.3) is 0 Å². The summed E-state index contributed by atoms with van der Waals surface area (Å²) in [5.74, 6) is 1.37. The van der Waals surface area contributed by atoms with Crippen LogP contribution in [0, 0.1) is 6.92 Å². The van der Waals surface area contributed by atoms with E-state index in [1.807, 2.05) is 24.4 Å². The fraction of sp³-hybridized carbons (Fsp3) is 0.400. The highest BCUT2D eigenvalue weighted by Gasteiger charge is 2.21. The molecule has 6 nitrogen and oxygen atoms in total. The molecule has 0 atom stereocenters. The first-order chi connectivity index (χ1) is 11.3. The summed E-state index contributed by atoms with van der Waals surface area (Å²) >= 11 is 3.34. The van der Waals surface area contributed by atoms with Gasteiger partial charge in [0.05, 0.1) is 17.1 Å². The largest absolute Gasteiger partial charge is 0.346 e. The third-order valence-electron chi connectivity index (χ3n) is 3.82. The fourth-order valence-corrected chi connectivity index (χ4v) is 4.11. The van der Waals surface area contributed by atoms with Crippen molar-refractivity contribution in [2.75, 3.05) is 31.1 Å². The van der Waals surface area contributed by atoms with Crippen LogP contribution in [0.15, 0.2) is 27.4 Å². The molecule has 4 rings (SSSR count). The molecule has 8 heteroatoms. The van der Waals surface area contributed by atoms with Crippen LogP contribution in [0.1, 0.15) is 11.6 Å². The summed E-state index contributed by atoms with van der Waals surface area (Å²) in [4.78, 5) is 14.8. The van der Waals surface area contributed by atoms with E-state index in [0.29, 0.717) is 18.3 Å². The lowest BCUT2D eigenvalue weighted by molar-refractivity contribution is 0.215. The number of thiophene rings is 1. The Balaban J connectivity index is 1.34. The standard InChI is InChI=1S/C15H17N5OS2/c1-11-10-23-15(16-11)20-6-4-19(5-7-20)9-13-17-14(18-21-13)12-3-2-8-22-12/h2-3,8,10H,4-7,9H2,1H3. The molecule has 3 aromatic heterocycles. The molecule has 0 amide bonds. The van der Waals surface area contributed by atoms with Gasteiger partial charge in [0.1, 0.15) is 0 Å². The zero-order chi connectivity index (χ0) is 15.6. The number of hydrogen-bond donors (Lipinski definition) is 0. The Bertz CT molecular complexity index is 759. The normalized spacial score (nSPS) is 16.1. The molecule has 0 saturated carbocycles. The molecule has 1 aliphatic rings. The van der Waals surface area contributed by atoms with Gasteiger partial charge in [0.15, 0.2) is 5.13 Å². The Hall–Kier alpha value is -1.77. The van der Waals surface area contributed by atoms with Gasteiger partial charge in [0, 0.05) is 31.6 Å². The van der Waals surface area contributed by atoms with Gasteiger partial charge in [-0.1, -0.05) is 11.2 Å². The van der Waals surface area contributed by atoms with Crippen molar-refractivity contribution in [1.82, 2.24) is 20.0 Å². The van der Waals surface area contributed by atoms with Crippen molar-refractivity contribution in [1.29, 1.82) is 0 Å². The summed E-state index contributed by atoms with van der Waals surface area (Å²) in [7, 11) is 0. The van der Waals surface area contributed by atoms with E-state index in [0.717, 1.165) is 41.9 Å². The summed E-state index contributed by atoms with van der Waals surface area (Å²) in [6, 6.07) is 4.00. The molecule has 0 aromatic carbocycles. The smallest absolute Gasteiger partial charge is 0.241 e. The zero-order valence-corrected chi connectivity index (χ0v) is 14.4. The van der Waals surface area contributed by atoms with Crippen molar-refractivity contribution < 1.29 is 4.52 Å². The quantitative estimate of drug-likeness (QED) is 0.723. The highest BCUT2D eigenvalue weighted by atomic mass is 32.1. The van der Waals surface area contributed by atoms with Gasteiger partial charge < -0.3 is 9.42 Å². The van der Waals surface area contributed by atoms with Crippen LogP contribution in [0.25, 0.3) is 10.7 Å². The van der Waals surface area contributed by atoms with Crippen LogP contribution in [0.2, 0.25) is 0 Å². The third kappa shape index (κ3) is 3.29. The monoisotopic (exact) mass is 347 g/mol. The van der Waals surface area contributed by atoms with Crippen molar-refractivity contribution in [3.05, 3.63) is 34.5 Å². The molecule has 1 fully saturated rings. The number of aryl methyl sites for hydroxylation is 1. The molecule has 120 valence electrons. The molecular formula is C15H17N5OS2. The molecule has 0 unspecified atom stereocenters. The van der Waals surface area contributed by atoms with E-state index in [2.05, 4.69) is 30.3 Å². The second-order valence-electron chi connectivity index (χ2n) is 5.52. The maximum Gasteiger partial charge on any atom is 0.241 e. The maximum absolute atomic E-state index is 5.39. The van der Waals surface area contributed by atoms with Crippen LogP contribution >= 0.6 is 22.7 Å². The Kier molecular flexibility index (Phi) is 4.11. The van der Waals surface area contributed by atoms with E-state index in [4.69, 9.17) is 4.52 Å². The number of aromatic nitrogens is 3. The Morgan fingerprint density at radius 1 is 1.17 bits per heavy atom. The fourth-order valence-electron chi connectivity index (χ4n) is 2.60. The van der Waals surface area contributed by atoms with Gasteiger partial charge in [-0.15, -0.1) is 22.7 Å². The Labute approximate surface area is 142 Å². The molecule has 3 aromatic rings. The van der Waals surface area contributed by atoms with Gasteiger partial charge in [-0.2, -0.15) is 4.98 Å². The van der Waals surface area contributed by atoms with Crippen molar-refractivity contribution >= 4 is 27.8 Å². The summed E-state index contributed by atoms with van der Waals surface area (Å²) in [5, 5.41) is 9.32. The van der Waals surface area contributed by atoms with Crippen molar-refractivity contribution in [2.24, 2.45) is 0 Å². The summed E-state index contributed by atoms with van der Waals surface area (Å²) in [6.07, 6.45) is 0. The average molecular weight is 347 g/mol. The molecule has 0 spiro atoms. The minimum atomic E-state index is 0.687. The second kappa shape index (κ2) is 6.38. The van der Waals surface area contributed by atoms with Crippen LogP contribution in [-0.2, 0) is 6.54 Å². The predicted octanol–water partition coefficient (Wildman–Crippen LogP) is 2.89. The van der Waals surface area contributed by atoms with Crippen LogP contribution in [0.3, 0.4) is 0 Å². The molecule has 0 bridgehead atoms. The SMILES string of the molecule is Cc1csc(N2CCN(Cc3nc(-c4cccs4)no3)CC2)n1. The number of anilines is 1. The van der Waals surface area contributed by atoms with Gasteiger partial charge in [0.2, 0.25) is 11.7 Å². The van der Waals surface area contributed by atoms with Gasteiger partial charge in [-0.05, 0) is 18.4 Å². The molecular weight excluding hydrogens is 330 g/mol. The van der Waals surface area contributed by atoms with Crippen LogP contribution in [-0.4, -0.2) is 46.2 Å². The number of rotatable bonds is 4. The first kappa shape index (κ1) is 14.8. The molecule has 23 heavy (non-hydrogen) atoms. The van der Waals surface area contributed by atoms with Gasteiger partial charge in [-0.3, -0.25) is 4.90 Å². The van der Waals surface area contributed by atoms with E-state index in [1.165, 1.54) is 0 Å². The molecule has 4 heterocycles. The highest BCUT2D eigenvalue weighted by molar-refractivity contribution is 7.13. The summed E-state index contributed by atoms with van der Waals surface area (Å²) in [6.45, 7) is 6.68. The van der Waals surface area contributed by atoms with E-state index >= 15 is 0 Å². The van der Waals surface area contributed by atoms with Crippen molar-refractivity contribution in [3.63, 3.8) is 0 Å². The zero-order valence-electron chi connectivity index (χ0n) is 12.8. The van der Waals surface area contributed by atoms with E-state index in [9.17, 15) is 0 Å². The Morgan fingerprint density at radius 3 is 2.74 bits per heavy atom. The number of piperazine rings is 1. The number of thiazole rings is 1. The number of hydrogen-bond acceptors (Lipinski definition) is 8. The average Bonchev–Trinajstić information content (AvgIpc) is 3.28. The second-order valence-corrected chi connectivity index (χ2v) is 7.31. The van der Waals surface area contributed by atoms with Crippen LogP contribution < -0.4 is 4.90 Å². The minimum absolute atomic E-state index is 0.687. The molecule has 0 aliphatic carbocycles. The first-order valence-corrected chi connectivity index (χ1v) is 9.30. The molecule has 1 saturated heterocycles. The lowest BCUT2D eigenvalue weighted by Gasteiger charge is -2.33. The predicted molar refractivity (Wildman–Crippen MR) is 92.0 cm³/mol. The van der Waals surface area contributed by atoms with Gasteiger partial charge >= 0.3 is 0 Å². The van der Waals surface area contributed by atoms with E-state index in [1.54, 1.807) is 22.7 Å². The topological polar surface area (TPSA) is 58.3 Å². The highest BCUT2D eigenvalue weighted by Crippen LogP contribution is 2.23. The lowest BCUT2D eigenvalue weighted by atomic mass is 10.3.